The van der Waals surface area contributed by atoms with Gasteiger partial charge in [-0.25, -0.2) is 4.79 Å². The van der Waals surface area contributed by atoms with Crippen LogP contribution in [0.25, 0.3) is 0 Å². The van der Waals surface area contributed by atoms with E-state index in [9.17, 15) is 4.79 Å². The number of aliphatic hydroxyl groups excluding tert-OH is 1. The maximum atomic E-state index is 11.5. The highest BCUT2D eigenvalue weighted by atomic mass is 16.6. The van der Waals surface area contributed by atoms with Crippen LogP contribution < -0.4 is 5.32 Å². The zero-order chi connectivity index (χ0) is 12.8. The number of amides is 1. The minimum absolute atomic E-state index is 0.0140. The highest BCUT2D eigenvalue weighted by Crippen LogP contribution is 2.10. The number of ether oxygens (including phenoxy) is 1. The molecule has 1 amide bonds. The van der Waals surface area contributed by atoms with Crippen LogP contribution in [0.15, 0.2) is 0 Å². The van der Waals surface area contributed by atoms with E-state index in [1.807, 2.05) is 20.8 Å². The average molecular weight is 231 g/mol. The van der Waals surface area contributed by atoms with Crippen LogP contribution in [0.5, 0.6) is 0 Å². The molecule has 1 atom stereocenters. The second-order valence-electron chi connectivity index (χ2n) is 5.48. The second-order valence-corrected chi connectivity index (χ2v) is 5.48. The summed E-state index contributed by atoms with van der Waals surface area (Å²) in [6, 6.07) is -0.0140. The number of hydrogen-bond acceptors (Lipinski definition) is 3. The van der Waals surface area contributed by atoms with Crippen LogP contribution in [0.3, 0.4) is 0 Å². The van der Waals surface area contributed by atoms with Gasteiger partial charge in [0.2, 0.25) is 0 Å². The highest BCUT2D eigenvalue weighted by molar-refractivity contribution is 5.68. The van der Waals surface area contributed by atoms with Gasteiger partial charge in [-0.3, -0.25) is 0 Å². The molecule has 4 nitrogen and oxygen atoms in total. The maximum absolute atomic E-state index is 11.5. The predicted octanol–water partition coefficient (Wildman–Crippen LogP) is 2.31. The van der Waals surface area contributed by atoms with Gasteiger partial charge in [-0.1, -0.05) is 13.8 Å². The minimum atomic E-state index is -0.480. The highest BCUT2D eigenvalue weighted by Gasteiger charge is 2.19. The Morgan fingerprint density at radius 1 is 1.38 bits per heavy atom. The van der Waals surface area contributed by atoms with Crippen LogP contribution in [0.4, 0.5) is 4.79 Å². The van der Waals surface area contributed by atoms with Gasteiger partial charge in [0, 0.05) is 12.6 Å². The maximum Gasteiger partial charge on any atom is 0.407 e. The van der Waals surface area contributed by atoms with Crippen molar-refractivity contribution in [1.82, 2.24) is 5.32 Å². The molecule has 0 saturated carbocycles. The van der Waals surface area contributed by atoms with E-state index in [2.05, 4.69) is 19.2 Å². The van der Waals surface area contributed by atoms with Crippen molar-refractivity contribution in [2.75, 3.05) is 6.61 Å². The van der Waals surface area contributed by atoms with Gasteiger partial charge >= 0.3 is 6.09 Å². The summed E-state index contributed by atoms with van der Waals surface area (Å²) >= 11 is 0. The fourth-order valence-electron chi connectivity index (χ4n) is 1.45. The summed E-state index contributed by atoms with van der Waals surface area (Å²) in [4.78, 5) is 11.5. The monoisotopic (exact) mass is 231 g/mol. The van der Waals surface area contributed by atoms with Crippen LogP contribution >= 0.6 is 0 Å². The molecule has 0 bridgehead atoms. The SMILES string of the molecule is CC(C)CC(CCO)NC(=O)OC(C)(C)C. The summed E-state index contributed by atoms with van der Waals surface area (Å²) in [5, 5.41) is 11.7. The van der Waals surface area contributed by atoms with Crippen LogP contribution in [0.1, 0.15) is 47.5 Å². The van der Waals surface area contributed by atoms with Gasteiger partial charge in [0.05, 0.1) is 0 Å². The van der Waals surface area contributed by atoms with E-state index < -0.39 is 11.7 Å². The summed E-state index contributed by atoms with van der Waals surface area (Å²) in [5.41, 5.74) is -0.480. The van der Waals surface area contributed by atoms with Gasteiger partial charge in [-0.15, -0.1) is 0 Å². The van der Waals surface area contributed by atoms with Crippen LogP contribution in [-0.2, 0) is 4.74 Å². The van der Waals surface area contributed by atoms with E-state index in [4.69, 9.17) is 9.84 Å². The molecule has 0 aromatic carbocycles. The van der Waals surface area contributed by atoms with Gasteiger partial charge in [0.25, 0.3) is 0 Å². The molecule has 0 heterocycles. The van der Waals surface area contributed by atoms with Crippen molar-refractivity contribution in [3.05, 3.63) is 0 Å². The molecule has 0 radical (unpaired) electrons. The van der Waals surface area contributed by atoms with E-state index in [1.165, 1.54) is 0 Å². The first-order valence-electron chi connectivity index (χ1n) is 5.85. The van der Waals surface area contributed by atoms with E-state index in [-0.39, 0.29) is 12.6 Å². The standard InChI is InChI=1S/C12H25NO3/c1-9(2)8-10(6-7-14)13-11(15)16-12(3,4)5/h9-10,14H,6-8H2,1-5H3,(H,13,15). The Morgan fingerprint density at radius 3 is 2.31 bits per heavy atom. The lowest BCUT2D eigenvalue weighted by molar-refractivity contribution is 0.0491. The Labute approximate surface area is 98.4 Å². The Bertz CT molecular complexity index is 209. The molecule has 4 heteroatoms. The Hall–Kier alpha value is -0.770. The smallest absolute Gasteiger partial charge is 0.407 e. The van der Waals surface area contributed by atoms with Crippen molar-refractivity contribution < 1.29 is 14.6 Å². The first kappa shape index (κ1) is 15.2. The van der Waals surface area contributed by atoms with Gasteiger partial charge in [-0.05, 0) is 39.5 Å². The minimum Gasteiger partial charge on any atom is -0.444 e. The molecule has 0 aromatic heterocycles. The van der Waals surface area contributed by atoms with Crippen LogP contribution in [0, 0.1) is 5.92 Å². The number of carbonyl (C=O) groups is 1. The molecule has 16 heavy (non-hydrogen) atoms. The van der Waals surface area contributed by atoms with Crippen molar-refractivity contribution >= 4 is 6.09 Å². The van der Waals surface area contributed by atoms with Gasteiger partial charge in [0.1, 0.15) is 5.60 Å². The number of alkyl carbamates (subject to hydrolysis) is 1. The van der Waals surface area contributed by atoms with E-state index in [1.54, 1.807) is 0 Å². The number of rotatable bonds is 5. The lowest BCUT2D eigenvalue weighted by atomic mass is 10.0. The predicted molar refractivity (Wildman–Crippen MR) is 64.3 cm³/mol. The van der Waals surface area contributed by atoms with Crippen molar-refractivity contribution in [1.29, 1.82) is 0 Å². The fraction of sp³-hybridized carbons (Fsp3) is 0.917. The van der Waals surface area contributed by atoms with Crippen LogP contribution in [0.2, 0.25) is 0 Å². The molecule has 0 aliphatic carbocycles. The first-order valence-corrected chi connectivity index (χ1v) is 5.85. The summed E-state index contributed by atoms with van der Waals surface area (Å²) in [6.07, 6.45) is 1.00. The third-order valence-electron chi connectivity index (χ3n) is 1.95. The first-order chi connectivity index (χ1) is 7.24. The molecule has 0 aliphatic rings. The van der Waals surface area contributed by atoms with E-state index >= 15 is 0 Å². The second kappa shape index (κ2) is 6.74. The lowest BCUT2D eigenvalue weighted by Crippen LogP contribution is -2.40. The summed E-state index contributed by atoms with van der Waals surface area (Å²) < 4.78 is 5.16. The van der Waals surface area contributed by atoms with Crippen molar-refractivity contribution in [2.45, 2.75) is 59.1 Å². The normalized spacial score (nSPS) is 13.7. The summed E-state index contributed by atoms with van der Waals surface area (Å²) in [5.74, 6) is 0.478. The molecular weight excluding hydrogens is 206 g/mol. The fourth-order valence-corrected chi connectivity index (χ4v) is 1.45. The molecule has 0 rings (SSSR count). The number of carbonyl (C=O) groups excluding carboxylic acids is 1. The molecule has 0 fully saturated rings. The molecule has 0 spiro atoms. The summed E-state index contributed by atoms with van der Waals surface area (Å²) in [6.45, 7) is 9.73. The number of nitrogens with one attached hydrogen (secondary N) is 1. The number of hydrogen-bond donors (Lipinski definition) is 2. The third-order valence-corrected chi connectivity index (χ3v) is 1.95. The zero-order valence-electron chi connectivity index (χ0n) is 11.0. The van der Waals surface area contributed by atoms with Crippen molar-refractivity contribution in [3.63, 3.8) is 0 Å². The molecule has 2 N–H and O–H groups in total. The molecular formula is C12H25NO3. The molecule has 0 aliphatic heterocycles. The van der Waals surface area contributed by atoms with E-state index in [0.29, 0.717) is 12.3 Å². The van der Waals surface area contributed by atoms with E-state index in [0.717, 1.165) is 6.42 Å². The molecule has 0 aromatic rings. The topological polar surface area (TPSA) is 58.6 Å². The van der Waals surface area contributed by atoms with Crippen molar-refractivity contribution in [2.24, 2.45) is 5.92 Å². The van der Waals surface area contributed by atoms with Gasteiger partial charge in [0.15, 0.2) is 0 Å². The van der Waals surface area contributed by atoms with Gasteiger partial charge in [-0.2, -0.15) is 0 Å². The largest absolute Gasteiger partial charge is 0.444 e. The molecule has 96 valence electrons. The quantitative estimate of drug-likeness (QED) is 0.763. The zero-order valence-corrected chi connectivity index (χ0v) is 11.0. The third kappa shape index (κ3) is 8.53. The Balaban J connectivity index is 4.12. The Morgan fingerprint density at radius 2 is 1.94 bits per heavy atom. The molecule has 0 saturated heterocycles. The Kier molecular flexibility index (Phi) is 6.41. The van der Waals surface area contributed by atoms with Crippen LogP contribution in [-0.4, -0.2) is 29.4 Å². The average Bonchev–Trinajstić information content (AvgIpc) is 1.98. The lowest BCUT2D eigenvalue weighted by Gasteiger charge is -2.24. The van der Waals surface area contributed by atoms with Gasteiger partial charge < -0.3 is 15.2 Å². The summed E-state index contributed by atoms with van der Waals surface area (Å²) in [7, 11) is 0. The number of aliphatic hydroxyl groups is 1. The van der Waals surface area contributed by atoms with Crippen molar-refractivity contribution in [3.8, 4) is 0 Å². The molecule has 1 unspecified atom stereocenters.